The number of nitrogens with zero attached hydrogens (tertiary/aromatic N) is 1. The molecule has 1 aliphatic heterocycles. The van der Waals surface area contributed by atoms with Gasteiger partial charge >= 0.3 is 0 Å². The maximum atomic E-state index is 12.5. The molecule has 1 saturated carbocycles. The predicted molar refractivity (Wildman–Crippen MR) is 74.5 cm³/mol. The Kier molecular flexibility index (Phi) is 3.88. The van der Waals surface area contributed by atoms with Gasteiger partial charge in [0.15, 0.2) is 0 Å². The van der Waals surface area contributed by atoms with Crippen LogP contribution in [0.25, 0.3) is 0 Å². The number of rotatable bonds is 5. The quantitative estimate of drug-likeness (QED) is 0.826. The van der Waals surface area contributed by atoms with Crippen LogP contribution in [0.4, 0.5) is 0 Å². The van der Waals surface area contributed by atoms with Gasteiger partial charge in [-0.2, -0.15) is 0 Å². The molecule has 2 atom stereocenters. The Hall–Kier alpha value is -1.06. The molecule has 1 heterocycles. The van der Waals surface area contributed by atoms with Crippen LogP contribution in [-0.2, 0) is 9.59 Å². The number of amides is 2. The molecule has 1 saturated heterocycles. The highest BCUT2D eigenvalue weighted by molar-refractivity contribution is 5.99. The monoisotopic (exact) mass is 266 g/mol. The highest BCUT2D eigenvalue weighted by Gasteiger charge is 2.56. The molecule has 0 aromatic rings. The van der Waals surface area contributed by atoms with E-state index in [0.29, 0.717) is 11.8 Å². The van der Waals surface area contributed by atoms with Gasteiger partial charge in [-0.3, -0.25) is 9.59 Å². The molecule has 2 unspecified atom stereocenters. The SMILES string of the molecule is CCC(CC)CN1C(=O)C(C)NC(=O)C1(C)C1CC1. The van der Waals surface area contributed by atoms with Crippen LogP contribution in [0.1, 0.15) is 53.4 Å². The summed E-state index contributed by atoms with van der Waals surface area (Å²) < 4.78 is 0. The minimum atomic E-state index is -0.619. The summed E-state index contributed by atoms with van der Waals surface area (Å²) in [7, 11) is 0. The molecule has 0 aromatic carbocycles. The summed E-state index contributed by atoms with van der Waals surface area (Å²) in [5, 5.41) is 2.85. The van der Waals surface area contributed by atoms with Crippen LogP contribution in [0.3, 0.4) is 0 Å². The van der Waals surface area contributed by atoms with E-state index in [2.05, 4.69) is 19.2 Å². The highest BCUT2D eigenvalue weighted by Crippen LogP contribution is 2.45. The van der Waals surface area contributed by atoms with Crippen molar-refractivity contribution in [3.63, 3.8) is 0 Å². The van der Waals surface area contributed by atoms with E-state index in [1.54, 1.807) is 6.92 Å². The van der Waals surface area contributed by atoms with Crippen LogP contribution in [-0.4, -0.2) is 34.8 Å². The van der Waals surface area contributed by atoms with E-state index in [0.717, 1.165) is 32.2 Å². The van der Waals surface area contributed by atoms with Crippen LogP contribution in [0.2, 0.25) is 0 Å². The molecule has 4 heteroatoms. The zero-order chi connectivity index (χ0) is 14.2. The standard InChI is InChI=1S/C15H26N2O2/c1-5-11(6-2)9-17-13(18)10(3)16-14(19)15(17,4)12-7-8-12/h10-12H,5-9H2,1-4H3,(H,16,19). The van der Waals surface area contributed by atoms with Gasteiger partial charge in [0.2, 0.25) is 11.8 Å². The lowest BCUT2D eigenvalue weighted by Gasteiger charge is -2.47. The zero-order valence-electron chi connectivity index (χ0n) is 12.5. The van der Waals surface area contributed by atoms with Gasteiger partial charge in [-0.05, 0) is 38.5 Å². The van der Waals surface area contributed by atoms with E-state index in [9.17, 15) is 9.59 Å². The van der Waals surface area contributed by atoms with Crippen LogP contribution >= 0.6 is 0 Å². The predicted octanol–water partition coefficient (Wildman–Crippen LogP) is 1.94. The third kappa shape index (κ3) is 2.37. The van der Waals surface area contributed by atoms with E-state index in [1.165, 1.54) is 0 Å². The first-order valence-electron chi connectivity index (χ1n) is 7.57. The van der Waals surface area contributed by atoms with Gasteiger partial charge in [0.1, 0.15) is 11.6 Å². The van der Waals surface area contributed by atoms with E-state index in [1.807, 2.05) is 11.8 Å². The molecule has 4 nitrogen and oxygen atoms in total. The van der Waals surface area contributed by atoms with Crippen molar-refractivity contribution in [3.05, 3.63) is 0 Å². The maximum Gasteiger partial charge on any atom is 0.246 e. The lowest BCUT2D eigenvalue weighted by atomic mass is 9.86. The smallest absolute Gasteiger partial charge is 0.246 e. The number of piperazine rings is 1. The van der Waals surface area contributed by atoms with Gasteiger partial charge in [0.05, 0.1) is 0 Å². The van der Waals surface area contributed by atoms with Crippen LogP contribution in [0.15, 0.2) is 0 Å². The van der Waals surface area contributed by atoms with Gasteiger partial charge in [-0.15, -0.1) is 0 Å². The average Bonchev–Trinajstić information content (AvgIpc) is 3.21. The van der Waals surface area contributed by atoms with E-state index >= 15 is 0 Å². The van der Waals surface area contributed by atoms with Gasteiger partial charge < -0.3 is 10.2 Å². The van der Waals surface area contributed by atoms with E-state index in [4.69, 9.17) is 0 Å². The maximum absolute atomic E-state index is 12.5. The fraction of sp³-hybridized carbons (Fsp3) is 0.867. The van der Waals surface area contributed by atoms with Crippen LogP contribution < -0.4 is 5.32 Å². The van der Waals surface area contributed by atoms with Gasteiger partial charge in [-0.1, -0.05) is 26.7 Å². The van der Waals surface area contributed by atoms with Crippen LogP contribution in [0, 0.1) is 11.8 Å². The number of nitrogens with one attached hydrogen (secondary N) is 1. The molecule has 108 valence electrons. The highest BCUT2D eigenvalue weighted by atomic mass is 16.2. The minimum absolute atomic E-state index is 0.0352. The number of hydrogen-bond acceptors (Lipinski definition) is 2. The first kappa shape index (κ1) is 14.4. The zero-order valence-corrected chi connectivity index (χ0v) is 12.5. The first-order chi connectivity index (χ1) is 8.94. The molecule has 0 aromatic heterocycles. The van der Waals surface area contributed by atoms with Crippen molar-refractivity contribution in [2.75, 3.05) is 6.54 Å². The molecule has 2 aliphatic rings. The third-order valence-corrected chi connectivity index (χ3v) is 4.97. The molecule has 2 amide bonds. The first-order valence-corrected chi connectivity index (χ1v) is 7.57. The molecule has 0 spiro atoms. The van der Waals surface area contributed by atoms with Gasteiger partial charge in [-0.25, -0.2) is 0 Å². The second-order valence-corrected chi connectivity index (χ2v) is 6.25. The molecule has 0 bridgehead atoms. The lowest BCUT2D eigenvalue weighted by Crippen LogP contribution is -2.70. The molecule has 1 aliphatic carbocycles. The summed E-state index contributed by atoms with van der Waals surface area (Å²) in [6.45, 7) is 8.76. The third-order valence-electron chi connectivity index (χ3n) is 4.97. The fourth-order valence-electron chi connectivity index (χ4n) is 3.13. The Morgan fingerprint density at radius 3 is 2.37 bits per heavy atom. The van der Waals surface area contributed by atoms with Crippen molar-refractivity contribution in [3.8, 4) is 0 Å². The summed E-state index contributed by atoms with van der Waals surface area (Å²) in [6, 6.07) is -0.381. The summed E-state index contributed by atoms with van der Waals surface area (Å²) >= 11 is 0. The molecule has 2 fully saturated rings. The number of carbonyl (C=O) groups is 2. The molecule has 19 heavy (non-hydrogen) atoms. The van der Waals surface area contributed by atoms with Crippen molar-refractivity contribution in [2.24, 2.45) is 11.8 Å². The second kappa shape index (κ2) is 5.14. The molecule has 2 rings (SSSR count). The number of carbonyl (C=O) groups excluding carboxylic acids is 2. The topological polar surface area (TPSA) is 49.4 Å². The Morgan fingerprint density at radius 1 is 1.32 bits per heavy atom. The van der Waals surface area contributed by atoms with Crippen molar-refractivity contribution >= 4 is 11.8 Å². The van der Waals surface area contributed by atoms with Crippen molar-refractivity contribution < 1.29 is 9.59 Å². The minimum Gasteiger partial charge on any atom is -0.343 e. The average molecular weight is 266 g/mol. The lowest BCUT2D eigenvalue weighted by molar-refractivity contribution is -0.158. The molecule has 0 radical (unpaired) electrons. The summed E-state index contributed by atoms with van der Waals surface area (Å²) in [5.74, 6) is 0.951. The van der Waals surface area contributed by atoms with Crippen molar-refractivity contribution in [1.82, 2.24) is 10.2 Å². The largest absolute Gasteiger partial charge is 0.343 e. The Balaban J connectivity index is 2.26. The van der Waals surface area contributed by atoms with Crippen molar-refractivity contribution in [1.29, 1.82) is 0 Å². The van der Waals surface area contributed by atoms with Gasteiger partial charge in [0, 0.05) is 6.54 Å². The normalized spacial score (nSPS) is 31.8. The van der Waals surface area contributed by atoms with Crippen LogP contribution in [0.5, 0.6) is 0 Å². The molecule has 1 N–H and O–H groups in total. The Bertz CT molecular complexity index is 374. The summed E-state index contributed by atoms with van der Waals surface area (Å²) in [6.07, 6.45) is 4.23. The Labute approximate surface area is 115 Å². The fourth-order valence-corrected chi connectivity index (χ4v) is 3.13. The van der Waals surface area contributed by atoms with Gasteiger partial charge in [0.25, 0.3) is 0 Å². The second-order valence-electron chi connectivity index (χ2n) is 6.25. The summed E-state index contributed by atoms with van der Waals surface area (Å²) in [4.78, 5) is 26.8. The van der Waals surface area contributed by atoms with E-state index in [-0.39, 0.29) is 17.9 Å². The number of hydrogen-bond donors (Lipinski definition) is 1. The summed E-state index contributed by atoms with van der Waals surface area (Å²) in [5.41, 5.74) is -0.619. The Morgan fingerprint density at radius 2 is 1.89 bits per heavy atom. The molecular formula is C15H26N2O2. The molecular weight excluding hydrogens is 240 g/mol. The van der Waals surface area contributed by atoms with Crippen molar-refractivity contribution in [2.45, 2.75) is 65.0 Å². The van der Waals surface area contributed by atoms with E-state index < -0.39 is 5.54 Å².